The first-order valence-electron chi connectivity index (χ1n) is 4.14. The Morgan fingerprint density at radius 2 is 2.06 bits per heavy atom. The van der Waals surface area contributed by atoms with Crippen molar-refractivity contribution in [3.63, 3.8) is 0 Å². The van der Waals surface area contributed by atoms with E-state index in [0.717, 1.165) is 17.8 Å². The lowest BCUT2D eigenvalue weighted by molar-refractivity contribution is -0.451. The fourth-order valence-corrected chi connectivity index (χ4v) is 2.22. The van der Waals surface area contributed by atoms with Gasteiger partial charge in [0.25, 0.3) is 5.95 Å². The molecule has 0 fully saturated rings. The van der Waals surface area contributed by atoms with Crippen molar-refractivity contribution in [2.75, 3.05) is 21.3 Å². The van der Waals surface area contributed by atoms with Gasteiger partial charge in [-0.1, -0.05) is 0 Å². The number of hydrogen-bond acceptors (Lipinski definition) is 7. The van der Waals surface area contributed by atoms with Crippen LogP contribution in [0, 0.1) is 10.1 Å². The molecule has 1 aliphatic heterocycles. The van der Waals surface area contributed by atoms with Crippen molar-refractivity contribution in [3.05, 3.63) is 32.7 Å². The molecule has 0 saturated heterocycles. The molecule has 1 aliphatic rings. The zero-order valence-electron chi connectivity index (χ0n) is 8.92. The minimum absolute atomic E-state index is 0.179. The average Bonchev–Trinajstić information content (AvgIpc) is 2.68. The molecule has 0 radical (unpaired) electrons. The van der Waals surface area contributed by atoms with Crippen LogP contribution in [0.2, 0.25) is 0 Å². The van der Waals surface area contributed by atoms with Gasteiger partial charge in [-0.15, -0.1) is 0 Å². The maximum Gasteiger partial charge on any atom is 0.318 e. The summed E-state index contributed by atoms with van der Waals surface area (Å²) in [5.74, 6) is -0.416. The van der Waals surface area contributed by atoms with E-state index in [9.17, 15) is 15.2 Å². The van der Waals surface area contributed by atoms with Gasteiger partial charge in [-0.25, -0.2) is 0 Å². The molecule has 0 amide bonds. The van der Waals surface area contributed by atoms with Crippen molar-refractivity contribution in [2.45, 2.75) is 5.12 Å². The van der Waals surface area contributed by atoms with Crippen LogP contribution in [-0.2, 0) is 14.2 Å². The van der Waals surface area contributed by atoms with Gasteiger partial charge in [-0.05, 0) is 11.8 Å². The maximum absolute atomic E-state index is 10.8. The predicted octanol–water partition coefficient (Wildman–Crippen LogP) is 1.21. The Morgan fingerprint density at radius 3 is 2.38 bits per heavy atom. The molecule has 0 saturated carbocycles. The molecule has 7 nitrogen and oxygen atoms in total. The molecule has 0 aliphatic carbocycles. The molecule has 0 unspecified atom stereocenters. The Labute approximate surface area is 95.8 Å². The Morgan fingerprint density at radius 1 is 1.50 bits per heavy atom. The zero-order valence-corrected chi connectivity index (χ0v) is 9.74. The van der Waals surface area contributed by atoms with Crippen LogP contribution in [0.3, 0.4) is 0 Å². The molecule has 0 atom stereocenters. The molecule has 0 spiro atoms. The van der Waals surface area contributed by atoms with E-state index >= 15 is 0 Å². The number of nitrogens with zero attached hydrogens (tertiary/aromatic N) is 1. The van der Waals surface area contributed by atoms with Crippen LogP contribution in [0.5, 0.6) is 0 Å². The minimum atomic E-state index is -1.55. The van der Waals surface area contributed by atoms with E-state index in [1.54, 1.807) is 0 Å². The summed E-state index contributed by atoms with van der Waals surface area (Å²) in [4.78, 5) is 10.4. The highest BCUT2D eigenvalue weighted by atomic mass is 32.2. The number of aliphatic hydroxyl groups excluding tert-OH is 1. The molecular weight excluding hydrogens is 238 g/mol. The van der Waals surface area contributed by atoms with Gasteiger partial charge in [0.05, 0.1) is 12.0 Å². The van der Waals surface area contributed by atoms with Crippen LogP contribution in [0.1, 0.15) is 0 Å². The van der Waals surface area contributed by atoms with E-state index in [1.807, 2.05) is 0 Å². The largest absolute Gasteiger partial charge is 0.480 e. The third kappa shape index (κ3) is 1.99. The lowest BCUT2D eigenvalue weighted by Crippen LogP contribution is -2.33. The minimum Gasteiger partial charge on any atom is -0.480 e. The highest BCUT2D eigenvalue weighted by Crippen LogP contribution is 2.47. The molecule has 0 aromatic carbocycles. The first-order chi connectivity index (χ1) is 7.50. The van der Waals surface area contributed by atoms with Crippen molar-refractivity contribution in [1.82, 2.24) is 0 Å². The van der Waals surface area contributed by atoms with Gasteiger partial charge in [-0.3, -0.25) is 10.1 Å². The number of hydrogen-bond donors (Lipinski definition) is 1. The standard InChI is InChI=1S/C8H11NO6S/c1-13-7(10)5-4-6(9(11)12)8(14-2,15-3)16-5/h4,10H,1-3H3/b7-5-. The monoisotopic (exact) mass is 249 g/mol. The normalized spacial score (nSPS) is 21.6. The van der Waals surface area contributed by atoms with Crippen LogP contribution in [0.15, 0.2) is 22.6 Å². The molecule has 8 heteroatoms. The molecule has 0 aromatic heterocycles. The van der Waals surface area contributed by atoms with Crippen molar-refractivity contribution >= 4 is 11.8 Å². The Balaban J connectivity index is 3.20. The second kappa shape index (κ2) is 4.73. The van der Waals surface area contributed by atoms with Gasteiger partial charge in [0.15, 0.2) is 0 Å². The summed E-state index contributed by atoms with van der Waals surface area (Å²) in [6, 6.07) is 0. The van der Waals surface area contributed by atoms with Crippen LogP contribution < -0.4 is 0 Å². The third-order valence-corrected chi connectivity index (χ3v) is 3.29. The van der Waals surface area contributed by atoms with E-state index in [2.05, 4.69) is 4.74 Å². The smallest absolute Gasteiger partial charge is 0.318 e. The van der Waals surface area contributed by atoms with Crippen LogP contribution in [0.25, 0.3) is 0 Å². The molecule has 1 rings (SSSR count). The zero-order chi connectivity index (χ0) is 12.3. The van der Waals surface area contributed by atoms with Crippen molar-refractivity contribution in [2.24, 2.45) is 0 Å². The topological polar surface area (TPSA) is 91.1 Å². The molecule has 0 aromatic rings. The van der Waals surface area contributed by atoms with Crippen molar-refractivity contribution in [1.29, 1.82) is 0 Å². The highest BCUT2D eigenvalue weighted by Gasteiger charge is 2.51. The van der Waals surface area contributed by atoms with Gasteiger partial charge >= 0.3 is 10.8 Å². The summed E-state index contributed by atoms with van der Waals surface area (Å²) in [6.07, 6.45) is 1.15. The average molecular weight is 249 g/mol. The van der Waals surface area contributed by atoms with Crippen molar-refractivity contribution in [3.8, 4) is 0 Å². The van der Waals surface area contributed by atoms with E-state index < -0.39 is 16.0 Å². The number of rotatable bonds is 4. The maximum atomic E-state index is 10.8. The summed E-state index contributed by atoms with van der Waals surface area (Å²) in [5, 5.41) is 18.6. The Bertz CT molecular complexity index is 360. The number of aliphatic hydroxyl groups is 1. The lowest BCUT2D eigenvalue weighted by atomic mass is 10.4. The Kier molecular flexibility index (Phi) is 3.79. The fourth-order valence-electron chi connectivity index (χ4n) is 1.19. The second-order valence-electron chi connectivity index (χ2n) is 2.73. The van der Waals surface area contributed by atoms with E-state index in [0.29, 0.717) is 0 Å². The number of ether oxygens (including phenoxy) is 3. The van der Waals surface area contributed by atoms with Crippen LogP contribution in [0.4, 0.5) is 0 Å². The summed E-state index contributed by atoms with van der Waals surface area (Å²) < 4.78 is 14.5. The SMILES string of the molecule is CO/C(O)=C1/C=C([N+](=O)[O-])C(OC)(OC)S1. The fraction of sp³-hybridized carbons (Fsp3) is 0.500. The second-order valence-corrected chi connectivity index (χ2v) is 3.91. The van der Waals surface area contributed by atoms with Crippen LogP contribution >= 0.6 is 11.8 Å². The van der Waals surface area contributed by atoms with E-state index in [1.165, 1.54) is 21.3 Å². The van der Waals surface area contributed by atoms with Gasteiger partial charge in [0.1, 0.15) is 4.91 Å². The number of allylic oxidation sites excluding steroid dienone is 1. The molecule has 16 heavy (non-hydrogen) atoms. The summed E-state index contributed by atoms with van der Waals surface area (Å²) >= 11 is 0.853. The molecular formula is C8H11NO6S. The first-order valence-corrected chi connectivity index (χ1v) is 4.95. The van der Waals surface area contributed by atoms with E-state index in [-0.39, 0.29) is 10.6 Å². The Hall–Kier alpha value is -1.25. The summed E-state index contributed by atoms with van der Waals surface area (Å²) in [6.45, 7) is 0. The lowest BCUT2D eigenvalue weighted by Gasteiger charge is -2.22. The quantitative estimate of drug-likeness (QED) is 0.346. The molecule has 1 N–H and O–H groups in total. The summed E-state index contributed by atoms with van der Waals surface area (Å²) in [5.41, 5.74) is -0.305. The molecule has 1 heterocycles. The summed E-state index contributed by atoms with van der Waals surface area (Å²) in [7, 11) is 3.81. The van der Waals surface area contributed by atoms with Gasteiger partial charge in [0, 0.05) is 20.3 Å². The molecule has 0 bridgehead atoms. The first kappa shape index (κ1) is 12.8. The number of thioether (sulfide) groups is 1. The molecule has 90 valence electrons. The van der Waals surface area contributed by atoms with Crippen molar-refractivity contribution < 1.29 is 24.2 Å². The van der Waals surface area contributed by atoms with Gasteiger partial charge < -0.3 is 19.3 Å². The highest BCUT2D eigenvalue weighted by molar-refractivity contribution is 8.04. The van der Waals surface area contributed by atoms with Gasteiger partial charge in [0.2, 0.25) is 0 Å². The van der Waals surface area contributed by atoms with Gasteiger partial charge in [-0.2, -0.15) is 0 Å². The van der Waals surface area contributed by atoms with Crippen LogP contribution in [-0.4, -0.2) is 36.5 Å². The predicted molar refractivity (Wildman–Crippen MR) is 56.1 cm³/mol. The number of nitro groups is 1. The number of methoxy groups -OCH3 is 3. The third-order valence-electron chi connectivity index (χ3n) is 1.96. The van der Waals surface area contributed by atoms with E-state index in [4.69, 9.17) is 9.47 Å².